The fraction of sp³-hybridized carbons (Fsp3) is 0.462. The molecule has 0 aliphatic carbocycles. The lowest BCUT2D eigenvalue weighted by Crippen LogP contribution is -2.23. The highest BCUT2D eigenvalue weighted by Crippen LogP contribution is 2.32. The second kappa shape index (κ2) is 6.03. The number of carboxylic acids is 1. The molecule has 17 heavy (non-hydrogen) atoms. The molecule has 0 bridgehead atoms. The van der Waals surface area contributed by atoms with Crippen LogP contribution in [-0.2, 0) is 4.79 Å². The molecule has 1 aliphatic heterocycles. The molecule has 2 atom stereocenters. The summed E-state index contributed by atoms with van der Waals surface area (Å²) in [4.78, 5) is 13.4. The molecule has 2 rings (SSSR count). The Morgan fingerprint density at radius 3 is 2.53 bits per heavy atom. The highest BCUT2D eigenvalue weighted by molar-refractivity contribution is 5.85. The van der Waals surface area contributed by atoms with Crippen molar-refractivity contribution in [1.29, 1.82) is 0 Å². The quantitative estimate of drug-likeness (QED) is 0.901. The molecule has 1 aromatic rings. The molecule has 0 aromatic heterocycles. The van der Waals surface area contributed by atoms with E-state index in [4.69, 9.17) is 0 Å². The van der Waals surface area contributed by atoms with E-state index in [1.54, 1.807) is 0 Å². The molecular formula is C13H18ClNO2. The Balaban J connectivity index is 0.00000144. The topological polar surface area (TPSA) is 40.5 Å². The van der Waals surface area contributed by atoms with Gasteiger partial charge in [0.05, 0.1) is 5.92 Å². The molecule has 94 valence electrons. The van der Waals surface area contributed by atoms with Gasteiger partial charge in [-0.2, -0.15) is 0 Å². The fourth-order valence-corrected chi connectivity index (χ4v) is 2.43. The van der Waals surface area contributed by atoms with Gasteiger partial charge in [-0.1, -0.05) is 37.3 Å². The number of benzene rings is 1. The van der Waals surface area contributed by atoms with Gasteiger partial charge in [-0.3, -0.25) is 4.79 Å². The number of carboxylic acid groups (broad SMARTS) is 1. The Bertz CT molecular complexity index is 369. The Kier molecular flexibility index (Phi) is 4.97. The minimum atomic E-state index is -0.676. The van der Waals surface area contributed by atoms with Crippen LogP contribution in [0.2, 0.25) is 0 Å². The van der Waals surface area contributed by atoms with E-state index in [1.165, 1.54) is 0 Å². The van der Waals surface area contributed by atoms with Crippen molar-refractivity contribution in [3.05, 3.63) is 35.9 Å². The van der Waals surface area contributed by atoms with E-state index in [0.29, 0.717) is 6.54 Å². The Morgan fingerprint density at radius 2 is 2.00 bits per heavy atom. The highest BCUT2D eigenvalue weighted by Gasteiger charge is 2.37. The molecule has 3 nitrogen and oxygen atoms in total. The second-order valence-electron chi connectivity index (χ2n) is 4.31. The zero-order valence-corrected chi connectivity index (χ0v) is 10.7. The van der Waals surface area contributed by atoms with Crippen LogP contribution in [-0.4, -0.2) is 35.6 Å². The lowest BCUT2D eigenvalue weighted by Gasteiger charge is -2.14. The van der Waals surface area contributed by atoms with Crippen molar-refractivity contribution in [2.45, 2.75) is 12.8 Å². The van der Waals surface area contributed by atoms with E-state index in [0.717, 1.165) is 18.7 Å². The number of halogens is 1. The predicted molar refractivity (Wildman–Crippen MR) is 69.7 cm³/mol. The van der Waals surface area contributed by atoms with E-state index in [2.05, 4.69) is 11.8 Å². The van der Waals surface area contributed by atoms with Gasteiger partial charge in [0.15, 0.2) is 0 Å². The van der Waals surface area contributed by atoms with Gasteiger partial charge in [-0.05, 0) is 12.1 Å². The van der Waals surface area contributed by atoms with Crippen LogP contribution in [0.3, 0.4) is 0 Å². The summed E-state index contributed by atoms with van der Waals surface area (Å²) < 4.78 is 0. The number of carbonyl (C=O) groups is 1. The summed E-state index contributed by atoms with van der Waals surface area (Å²) in [5.41, 5.74) is 1.14. The lowest BCUT2D eigenvalue weighted by atomic mass is 9.89. The molecule has 1 aliphatic rings. The summed E-state index contributed by atoms with van der Waals surface area (Å²) in [6, 6.07) is 9.97. The third-order valence-corrected chi connectivity index (χ3v) is 3.39. The number of rotatable bonds is 3. The van der Waals surface area contributed by atoms with Crippen LogP contribution < -0.4 is 0 Å². The number of aliphatic carboxylic acids is 1. The number of likely N-dealkylation sites (N-methyl/N-ethyl adjacent to an activating group) is 1. The van der Waals surface area contributed by atoms with Crippen molar-refractivity contribution < 1.29 is 9.90 Å². The zero-order valence-electron chi connectivity index (χ0n) is 9.87. The maximum absolute atomic E-state index is 11.2. The number of hydrogen-bond acceptors (Lipinski definition) is 2. The van der Waals surface area contributed by atoms with Gasteiger partial charge in [-0.15, -0.1) is 12.4 Å². The van der Waals surface area contributed by atoms with Crippen molar-refractivity contribution in [2.75, 3.05) is 19.6 Å². The van der Waals surface area contributed by atoms with Gasteiger partial charge in [0.1, 0.15) is 0 Å². The summed E-state index contributed by atoms with van der Waals surface area (Å²) in [5.74, 6) is -0.800. The normalized spacial score (nSPS) is 24.3. The highest BCUT2D eigenvalue weighted by atomic mass is 35.5. The Morgan fingerprint density at radius 1 is 1.35 bits per heavy atom. The van der Waals surface area contributed by atoms with Gasteiger partial charge >= 0.3 is 5.97 Å². The first-order valence-corrected chi connectivity index (χ1v) is 5.72. The molecule has 2 unspecified atom stereocenters. The molecule has 0 saturated carbocycles. The molecule has 1 aromatic carbocycles. The van der Waals surface area contributed by atoms with E-state index >= 15 is 0 Å². The average Bonchev–Trinajstić information content (AvgIpc) is 2.74. The number of hydrogen-bond donors (Lipinski definition) is 1. The van der Waals surface area contributed by atoms with Crippen molar-refractivity contribution in [2.24, 2.45) is 5.92 Å². The van der Waals surface area contributed by atoms with Crippen molar-refractivity contribution in [3.8, 4) is 0 Å². The summed E-state index contributed by atoms with van der Waals surface area (Å²) in [6.07, 6.45) is 0. The molecule has 1 saturated heterocycles. The summed E-state index contributed by atoms with van der Waals surface area (Å²) in [7, 11) is 0. The van der Waals surface area contributed by atoms with Crippen LogP contribution in [0, 0.1) is 5.92 Å². The van der Waals surface area contributed by atoms with Crippen LogP contribution in [0.4, 0.5) is 0 Å². The third-order valence-electron chi connectivity index (χ3n) is 3.39. The number of likely N-dealkylation sites (tertiary alicyclic amines) is 1. The van der Waals surface area contributed by atoms with Crippen LogP contribution in [0.1, 0.15) is 18.4 Å². The first-order valence-electron chi connectivity index (χ1n) is 5.72. The van der Waals surface area contributed by atoms with E-state index in [1.807, 2.05) is 30.3 Å². The molecule has 4 heteroatoms. The maximum Gasteiger partial charge on any atom is 0.308 e. The van der Waals surface area contributed by atoms with Crippen molar-refractivity contribution >= 4 is 18.4 Å². The Labute approximate surface area is 108 Å². The number of nitrogens with zero attached hydrogens (tertiary/aromatic N) is 1. The van der Waals surface area contributed by atoms with E-state index in [-0.39, 0.29) is 24.2 Å². The van der Waals surface area contributed by atoms with Crippen LogP contribution in [0.25, 0.3) is 0 Å². The summed E-state index contributed by atoms with van der Waals surface area (Å²) in [6.45, 7) is 4.53. The zero-order chi connectivity index (χ0) is 11.5. The first-order chi connectivity index (χ1) is 7.72. The average molecular weight is 256 g/mol. The SMILES string of the molecule is CCN1CC(C(=O)O)C(c2ccccc2)C1.Cl. The van der Waals surface area contributed by atoms with Crippen molar-refractivity contribution in [1.82, 2.24) is 4.90 Å². The molecule has 0 radical (unpaired) electrons. The van der Waals surface area contributed by atoms with Gasteiger partial charge in [0, 0.05) is 19.0 Å². The van der Waals surface area contributed by atoms with E-state index in [9.17, 15) is 9.90 Å². The van der Waals surface area contributed by atoms with Gasteiger partial charge in [0.2, 0.25) is 0 Å². The standard InChI is InChI=1S/C13H17NO2.ClH/c1-2-14-8-11(12(9-14)13(15)16)10-6-4-3-5-7-10;/h3-7,11-12H,2,8-9H2,1H3,(H,15,16);1H. The van der Waals surface area contributed by atoms with Crippen LogP contribution >= 0.6 is 12.4 Å². The smallest absolute Gasteiger partial charge is 0.308 e. The van der Waals surface area contributed by atoms with Crippen LogP contribution in [0.5, 0.6) is 0 Å². The molecule has 0 spiro atoms. The van der Waals surface area contributed by atoms with Crippen molar-refractivity contribution in [3.63, 3.8) is 0 Å². The third kappa shape index (κ3) is 2.99. The lowest BCUT2D eigenvalue weighted by molar-refractivity contribution is -0.141. The summed E-state index contributed by atoms with van der Waals surface area (Å²) in [5, 5.41) is 9.23. The predicted octanol–water partition coefficient (Wildman–Crippen LogP) is 2.23. The molecular weight excluding hydrogens is 238 g/mol. The van der Waals surface area contributed by atoms with Crippen LogP contribution in [0.15, 0.2) is 30.3 Å². The maximum atomic E-state index is 11.2. The minimum Gasteiger partial charge on any atom is -0.481 e. The van der Waals surface area contributed by atoms with Gasteiger partial charge < -0.3 is 10.0 Å². The largest absolute Gasteiger partial charge is 0.481 e. The molecule has 0 amide bonds. The van der Waals surface area contributed by atoms with E-state index < -0.39 is 5.97 Å². The molecule has 1 fully saturated rings. The summed E-state index contributed by atoms with van der Waals surface area (Å²) >= 11 is 0. The second-order valence-corrected chi connectivity index (χ2v) is 4.31. The molecule has 1 heterocycles. The fourth-order valence-electron chi connectivity index (χ4n) is 2.43. The minimum absolute atomic E-state index is 0. The monoisotopic (exact) mass is 255 g/mol. The molecule has 1 N–H and O–H groups in total. The Hall–Kier alpha value is -1.06. The van der Waals surface area contributed by atoms with Gasteiger partial charge in [0.25, 0.3) is 0 Å². The van der Waals surface area contributed by atoms with Gasteiger partial charge in [-0.25, -0.2) is 0 Å². The first kappa shape index (κ1) is 14.0.